The lowest BCUT2D eigenvalue weighted by Crippen LogP contribution is -2.60. The van der Waals surface area contributed by atoms with Gasteiger partial charge in [0.1, 0.15) is 0 Å². The third kappa shape index (κ3) is 4.29. The minimum atomic E-state index is -0.495. The molecule has 0 aromatic carbocycles. The second kappa shape index (κ2) is 10.6. The highest BCUT2D eigenvalue weighted by atomic mass is 16.7. The van der Waals surface area contributed by atoms with Gasteiger partial charge in [0.25, 0.3) is 0 Å². The van der Waals surface area contributed by atoms with Crippen molar-refractivity contribution >= 4 is 5.91 Å². The minimum absolute atomic E-state index is 0.0259. The Morgan fingerprint density at radius 3 is 2.43 bits per heavy atom. The Labute approximate surface area is 277 Å². The van der Waals surface area contributed by atoms with Gasteiger partial charge in [-0.2, -0.15) is 0 Å². The highest BCUT2D eigenvalue weighted by molar-refractivity contribution is 5.76. The average molecular weight is 642 g/mol. The molecule has 0 aromatic heterocycles. The van der Waals surface area contributed by atoms with Crippen LogP contribution in [-0.4, -0.2) is 77.5 Å². The molecule has 2 saturated heterocycles. The molecule has 2 aliphatic heterocycles. The molecule has 2 heterocycles. The number of aliphatic hydroxyl groups is 2. The van der Waals surface area contributed by atoms with Gasteiger partial charge in [-0.1, -0.05) is 48.5 Å². The third-order valence-corrected chi connectivity index (χ3v) is 16.7. The van der Waals surface area contributed by atoms with Crippen molar-refractivity contribution < 1.29 is 29.2 Å². The summed E-state index contributed by atoms with van der Waals surface area (Å²) < 4.78 is 19.8. The van der Waals surface area contributed by atoms with Crippen LogP contribution in [0.2, 0.25) is 0 Å². The molecular formula is C39H63NO6. The zero-order chi connectivity index (χ0) is 32.6. The first-order valence-electron chi connectivity index (χ1n) is 19.3. The van der Waals surface area contributed by atoms with Crippen LogP contribution in [0.1, 0.15) is 119 Å². The lowest BCUT2D eigenvalue weighted by atomic mass is 9.41. The van der Waals surface area contributed by atoms with Crippen molar-refractivity contribution in [2.75, 3.05) is 19.7 Å². The third-order valence-electron chi connectivity index (χ3n) is 16.7. The van der Waals surface area contributed by atoms with Crippen molar-refractivity contribution in [3.05, 3.63) is 0 Å². The topological polar surface area (TPSA) is 88.5 Å². The molecule has 6 saturated carbocycles. The Hall–Kier alpha value is -0.730. The number of fused-ring (bicyclic) bond motifs is 4. The molecule has 8 aliphatic rings. The lowest BCUT2D eigenvalue weighted by molar-refractivity contribution is -0.248. The van der Waals surface area contributed by atoms with Gasteiger partial charge in [0.15, 0.2) is 6.29 Å². The minimum Gasteiger partial charge on any atom is -0.390 e. The first kappa shape index (κ1) is 32.5. The number of rotatable bonds is 6. The van der Waals surface area contributed by atoms with E-state index in [9.17, 15) is 15.0 Å². The van der Waals surface area contributed by atoms with E-state index in [-0.39, 0.29) is 52.7 Å². The quantitative estimate of drug-likeness (QED) is 0.360. The Balaban J connectivity index is 1.01. The first-order valence-corrected chi connectivity index (χ1v) is 19.3. The van der Waals surface area contributed by atoms with Gasteiger partial charge in [0, 0.05) is 18.4 Å². The van der Waals surface area contributed by atoms with Crippen LogP contribution in [-0.2, 0) is 19.0 Å². The maximum absolute atomic E-state index is 12.9. The summed E-state index contributed by atoms with van der Waals surface area (Å²) in [7, 11) is 0. The van der Waals surface area contributed by atoms with Gasteiger partial charge in [-0.25, -0.2) is 0 Å². The van der Waals surface area contributed by atoms with Crippen LogP contribution in [0.5, 0.6) is 0 Å². The van der Waals surface area contributed by atoms with Gasteiger partial charge >= 0.3 is 0 Å². The highest BCUT2D eigenvalue weighted by Gasteiger charge is 2.84. The van der Waals surface area contributed by atoms with E-state index in [4.69, 9.17) is 14.2 Å². The van der Waals surface area contributed by atoms with Gasteiger partial charge in [0.05, 0.1) is 43.7 Å². The molecule has 2 spiro atoms. The Morgan fingerprint density at radius 2 is 1.72 bits per heavy atom. The summed E-state index contributed by atoms with van der Waals surface area (Å²) in [6.45, 7) is 18.2. The van der Waals surface area contributed by atoms with E-state index < -0.39 is 12.2 Å². The van der Waals surface area contributed by atoms with Crippen molar-refractivity contribution in [3.8, 4) is 0 Å². The normalized spacial score (nSPS) is 53.0. The summed E-state index contributed by atoms with van der Waals surface area (Å²) >= 11 is 0. The smallest absolute Gasteiger partial charge is 0.223 e. The van der Waals surface area contributed by atoms with Crippen LogP contribution < -0.4 is 0 Å². The zero-order valence-electron chi connectivity index (χ0n) is 29.8. The van der Waals surface area contributed by atoms with Crippen LogP contribution in [0.15, 0.2) is 0 Å². The van der Waals surface area contributed by atoms with Gasteiger partial charge in [-0.3, -0.25) is 4.79 Å². The van der Waals surface area contributed by atoms with Crippen molar-refractivity contribution in [1.29, 1.82) is 0 Å². The number of aliphatic hydroxyl groups excluding tert-OH is 2. The van der Waals surface area contributed by atoms with Crippen LogP contribution in [0.4, 0.5) is 0 Å². The molecule has 0 radical (unpaired) electrons. The molecule has 0 aromatic rings. The number of carbonyl (C=O) groups is 1. The van der Waals surface area contributed by atoms with Crippen molar-refractivity contribution in [2.45, 2.75) is 156 Å². The molecule has 0 bridgehead atoms. The summed E-state index contributed by atoms with van der Waals surface area (Å²) in [5.41, 5.74) is 0.505. The number of amides is 1. The van der Waals surface area contributed by atoms with Crippen LogP contribution >= 0.6 is 0 Å². The highest BCUT2D eigenvalue weighted by Crippen LogP contribution is 2.89. The molecular weight excluding hydrogens is 578 g/mol. The zero-order valence-corrected chi connectivity index (χ0v) is 29.8. The molecule has 6 aliphatic carbocycles. The van der Waals surface area contributed by atoms with Crippen molar-refractivity contribution in [3.63, 3.8) is 0 Å². The molecule has 8 fully saturated rings. The summed E-state index contributed by atoms with van der Waals surface area (Å²) in [5, 5.41) is 23.5. The lowest BCUT2D eigenvalue weighted by Gasteiger charge is -2.64. The molecule has 0 unspecified atom stereocenters. The molecule has 1 amide bonds. The van der Waals surface area contributed by atoms with Gasteiger partial charge in [0.2, 0.25) is 5.91 Å². The van der Waals surface area contributed by atoms with E-state index >= 15 is 0 Å². The second-order valence-electron chi connectivity index (χ2n) is 19.2. The summed E-state index contributed by atoms with van der Waals surface area (Å²) in [6, 6.07) is 0. The summed E-state index contributed by atoms with van der Waals surface area (Å²) in [6.07, 6.45) is 10.7. The number of hydrogen-bond acceptors (Lipinski definition) is 6. The fourth-order valence-corrected chi connectivity index (χ4v) is 14.0. The predicted octanol–water partition coefficient (Wildman–Crippen LogP) is 6.19. The van der Waals surface area contributed by atoms with Crippen LogP contribution in [0.3, 0.4) is 0 Å². The Bertz CT molecular complexity index is 1220. The Morgan fingerprint density at radius 1 is 1.00 bits per heavy atom. The van der Waals surface area contributed by atoms with E-state index in [2.05, 4.69) is 48.5 Å². The molecule has 2 N–H and O–H groups in total. The molecule has 14 atom stereocenters. The number of ether oxygens (including phenoxy) is 3. The van der Waals surface area contributed by atoms with Crippen molar-refractivity contribution in [2.24, 2.45) is 62.6 Å². The summed E-state index contributed by atoms with van der Waals surface area (Å²) in [5.74, 6) is 2.88. The van der Waals surface area contributed by atoms with E-state index in [1.54, 1.807) is 0 Å². The monoisotopic (exact) mass is 641 g/mol. The fraction of sp³-hybridized carbons (Fsp3) is 0.974. The molecule has 7 nitrogen and oxygen atoms in total. The van der Waals surface area contributed by atoms with Gasteiger partial charge < -0.3 is 29.3 Å². The standard InChI is InChI=1S/C39H63NO6/c1-22(2)32(42)25-18-23(3)31-33(45-25)34(43)37(7)27-11-10-26-35(4,5)28(12-13-38(26)21-39(27,38)15-14-36(31,37)6)46-30-20-40(16-17-44-30)29(41)19-24-8-9-24/h22-28,30-34,42-43H,8-21H2,1-7H3/t23-,25-,26+,27+,28+,30+,31+,32-,33+,34+,36-,37-,38-,39+/m1/s1. The number of hydrogen-bond donors (Lipinski definition) is 2. The van der Waals surface area contributed by atoms with Crippen LogP contribution in [0.25, 0.3) is 0 Å². The maximum Gasteiger partial charge on any atom is 0.223 e. The molecule has 46 heavy (non-hydrogen) atoms. The molecule has 260 valence electrons. The van der Waals surface area contributed by atoms with Crippen LogP contribution in [0, 0.1) is 62.6 Å². The average Bonchev–Trinajstić information content (AvgIpc) is 3.93. The number of morpholine rings is 1. The van der Waals surface area contributed by atoms with Gasteiger partial charge in [-0.05, 0) is 121 Å². The molecule has 8 rings (SSSR count). The van der Waals surface area contributed by atoms with E-state index in [0.29, 0.717) is 66.5 Å². The van der Waals surface area contributed by atoms with Gasteiger partial charge in [-0.15, -0.1) is 0 Å². The molecule has 7 heteroatoms. The SMILES string of the molecule is CC(C)[C@@H](O)[C@H]1C[C@@H](C)[C@H]2[C@H](O1)[C@H](O)[C@@]1(C)[C@@H]3CC[C@H]4C(C)(C)[C@@H](O[C@H]5CN(C(=O)CC6CC6)CCO5)CC[C@@]45C[C@@]35CC[C@]21C. The second-order valence-corrected chi connectivity index (χ2v) is 19.2. The maximum atomic E-state index is 12.9. The number of carbonyl (C=O) groups excluding carboxylic acids is 1. The first-order chi connectivity index (χ1) is 21.7. The fourth-order valence-electron chi connectivity index (χ4n) is 14.0. The number of nitrogens with zero attached hydrogens (tertiary/aromatic N) is 1. The van der Waals surface area contributed by atoms with Crippen molar-refractivity contribution in [1.82, 2.24) is 4.90 Å². The largest absolute Gasteiger partial charge is 0.390 e. The predicted molar refractivity (Wildman–Crippen MR) is 175 cm³/mol. The Kier molecular flexibility index (Phi) is 7.51. The van der Waals surface area contributed by atoms with E-state index in [0.717, 1.165) is 12.8 Å². The van der Waals surface area contributed by atoms with E-state index in [1.165, 1.54) is 51.4 Å². The van der Waals surface area contributed by atoms with E-state index in [1.807, 2.05) is 4.90 Å². The summed E-state index contributed by atoms with van der Waals surface area (Å²) in [4.78, 5) is 14.9.